The van der Waals surface area contributed by atoms with Gasteiger partial charge in [-0.25, -0.2) is 5.10 Å². The smallest absolute Gasteiger partial charge is 0.233 e. The zero-order chi connectivity index (χ0) is 10.7. The van der Waals surface area contributed by atoms with Crippen LogP contribution in [-0.2, 0) is 4.79 Å². The highest BCUT2D eigenvalue weighted by molar-refractivity contribution is 5.94. The number of aromatic amines is 1. The lowest BCUT2D eigenvalue weighted by Crippen LogP contribution is -2.41. The second kappa shape index (κ2) is 3.84. The first kappa shape index (κ1) is 9.89. The summed E-state index contributed by atoms with van der Waals surface area (Å²) in [5.74, 6) is 0.431. The Morgan fingerprint density at radius 3 is 3.00 bits per heavy atom. The highest BCUT2D eigenvalue weighted by Gasteiger charge is 2.43. The van der Waals surface area contributed by atoms with Crippen LogP contribution >= 0.6 is 0 Å². The SMILES string of the molecule is C=CCC1(C(=O)Nc2ncn[nH]2)CCC1. The van der Waals surface area contributed by atoms with E-state index < -0.39 is 0 Å². The van der Waals surface area contributed by atoms with Crippen LogP contribution in [0.2, 0.25) is 0 Å². The number of nitrogens with zero attached hydrogens (tertiary/aromatic N) is 2. The average Bonchev–Trinajstić information content (AvgIpc) is 2.63. The molecule has 5 heteroatoms. The number of amides is 1. The molecular weight excluding hydrogens is 192 g/mol. The molecule has 1 fully saturated rings. The number of aromatic nitrogens is 3. The molecule has 0 aliphatic heterocycles. The number of rotatable bonds is 4. The van der Waals surface area contributed by atoms with Gasteiger partial charge in [-0.15, -0.1) is 6.58 Å². The number of carbonyl (C=O) groups excluding carboxylic acids is 1. The van der Waals surface area contributed by atoms with E-state index in [-0.39, 0.29) is 11.3 Å². The van der Waals surface area contributed by atoms with E-state index in [2.05, 4.69) is 27.1 Å². The molecule has 1 aromatic rings. The van der Waals surface area contributed by atoms with Gasteiger partial charge >= 0.3 is 0 Å². The molecule has 2 N–H and O–H groups in total. The van der Waals surface area contributed by atoms with Crippen LogP contribution < -0.4 is 5.32 Å². The van der Waals surface area contributed by atoms with E-state index >= 15 is 0 Å². The van der Waals surface area contributed by atoms with E-state index in [0.29, 0.717) is 5.95 Å². The Morgan fingerprint density at radius 2 is 2.53 bits per heavy atom. The molecule has 1 saturated carbocycles. The van der Waals surface area contributed by atoms with Gasteiger partial charge in [-0.2, -0.15) is 10.1 Å². The quantitative estimate of drug-likeness (QED) is 0.733. The van der Waals surface area contributed by atoms with Crippen molar-refractivity contribution in [2.75, 3.05) is 5.32 Å². The molecule has 1 heterocycles. The topological polar surface area (TPSA) is 70.7 Å². The van der Waals surface area contributed by atoms with Crippen LogP contribution in [0, 0.1) is 5.41 Å². The van der Waals surface area contributed by atoms with E-state index in [4.69, 9.17) is 0 Å². The second-order valence-corrected chi connectivity index (χ2v) is 3.91. The molecule has 5 nitrogen and oxygen atoms in total. The van der Waals surface area contributed by atoms with Crippen molar-refractivity contribution in [3.05, 3.63) is 19.0 Å². The monoisotopic (exact) mass is 206 g/mol. The number of hydrogen-bond acceptors (Lipinski definition) is 3. The summed E-state index contributed by atoms with van der Waals surface area (Å²) in [6, 6.07) is 0. The van der Waals surface area contributed by atoms with Crippen molar-refractivity contribution in [3.63, 3.8) is 0 Å². The summed E-state index contributed by atoms with van der Waals surface area (Å²) in [7, 11) is 0. The number of allylic oxidation sites excluding steroid dienone is 1. The van der Waals surface area contributed by atoms with Crippen LogP contribution in [0.4, 0.5) is 5.95 Å². The van der Waals surface area contributed by atoms with Crippen LogP contribution in [0.5, 0.6) is 0 Å². The molecule has 2 rings (SSSR count). The Bertz CT molecular complexity index is 354. The molecule has 1 aliphatic rings. The number of nitrogens with one attached hydrogen (secondary N) is 2. The van der Waals surface area contributed by atoms with Crippen molar-refractivity contribution >= 4 is 11.9 Å². The first-order valence-corrected chi connectivity index (χ1v) is 5.04. The lowest BCUT2D eigenvalue weighted by atomic mass is 9.66. The first-order chi connectivity index (χ1) is 7.27. The minimum Gasteiger partial charge on any atom is -0.294 e. The van der Waals surface area contributed by atoms with E-state index in [1.807, 2.05) is 0 Å². The van der Waals surface area contributed by atoms with Crippen LogP contribution in [-0.4, -0.2) is 21.1 Å². The summed E-state index contributed by atoms with van der Waals surface area (Å²) >= 11 is 0. The van der Waals surface area contributed by atoms with Gasteiger partial charge in [-0.1, -0.05) is 12.5 Å². The lowest BCUT2D eigenvalue weighted by Gasteiger charge is -2.39. The van der Waals surface area contributed by atoms with Crippen molar-refractivity contribution in [1.82, 2.24) is 15.2 Å². The van der Waals surface area contributed by atoms with Gasteiger partial charge in [0.25, 0.3) is 0 Å². The van der Waals surface area contributed by atoms with Crippen molar-refractivity contribution in [3.8, 4) is 0 Å². The number of anilines is 1. The molecule has 0 saturated heterocycles. The van der Waals surface area contributed by atoms with Gasteiger partial charge in [-0.05, 0) is 19.3 Å². The molecule has 1 aromatic heterocycles. The van der Waals surface area contributed by atoms with E-state index in [1.54, 1.807) is 6.08 Å². The van der Waals surface area contributed by atoms with Gasteiger partial charge < -0.3 is 0 Å². The molecule has 1 aliphatic carbocycles. The fourth-order valence-corrected chi connectivity index (χ4v) is 1.91. The molecule has 0 bridgehead atoms. The Balaban J connectivity index is 2.03. The van der Waals surface area contributed by atoms with Gasteiger partial charge in [0, 0.05) is 0 Å². The fraction of sp³-hybridized carbons (Fsp3) is 0.500. The standard InChI is InChI=1S/C10H14N4O/c1-2-4-10(5-3-6-10)8(15)13-9-11-7-12-14-9/h2,7H,1,3-6H2,(H2,11,12,13,14,15). The van der Waals surface area contributed by atoms with Gasteiger partial charge in [0.2, 0.25) is 11.9 Å². The summed E-state index contributed by atoms with van der Waals surface area (Å²) < 4.78 is 0. The van der Waals surface area contributed by atoms with Gasteiger partial charge in [0.15, 0.2) is 0 Å². The summed E-state index contributed by atoms with van der Waals surface area (Å²) in [4.78, 5) is 15.8. The fourth-order valence-electron chi connectivity index (χ4n) is 1.91. The number of carbonyl (C=O) groups is 1. The van der Waals surface area contributed by atoms with Gasteiger partial charge in [0.05, 0.1) is 5.41 Å². The van der Waals surface area contributed by atoms with E-state index in [9.17, 15) is 4.79 Å². The lowest BCUT2D eigenvalue weighted by molar-refractivity contribution is -0.130. The summed E-state index contributed by atoms with van der Waals surface area (Å²) in [6.07, 6.45) is 6.87. The van der Waals surface area contributed by atoms with Crippen molar-refractivity contribution < 1.29 is 4.79 Å². The van der Waals surface area contributed by atoms with E-state index in [1.165, 1.54) is 6.33 Å². The maximum atomic E-state index is 12.0. The predicted molar refractivity (Wildman–Crippen MR) is 56.1 cm³/mol. The second-order valence-electron chi connectivity index (χ2n) is 3.91. The molecule has 15 heavy (non-hydrogen) atoms. The van der Waals surface area contributed by atoms with Crippen LogP contribution in [0.3, 0.4) is 0 Å². The minimum atomic E-state index is -0.255. The summed E-state index contributed by atoms with van der Waals surface area (Å²) in [5.41, 5.74) is -0.255. The molecule has 80 valence electrons. The van der Waals surface area contributed by atoms with Gasteiger partial charge in [0.1, 0.15) is 6.33 Å². The third-order valence-electron chi connectivity index (χ3n) is 2.97. The average molecular weight is 206 g/mol. The maximum Gasteiger partial charge on any atom is 0.233 e. The van der Waals surface area contributed by atoms with E-state index in [0.717, 1.165) is 25.7 Å². The molecule has 0 unspecified atom stereocenters. The molecule has 0 spiro atoms. The Hall–Kier alpha value is -1.65. The predicted octanol–water partition coefficient (Wildman–Crippen LogP) is 1.49. The molecule has 0 radical (unpaired) electrons. The third-order valence-corrected chi connectivity index (χ3v) is 2.97. The highest BCUT2D eigenvalue weighted by Crippen LogP contribution is 2.44. The Labute approximate surface area is 88.0 Å². The van der Waals surface area contributed by atoms with Crippen molar-refractivity contribution in [2.24, 2.45) is 5.41 Å². The van der Waals surface area contributed by atoms with Crippen LogP contribution in [0.15, 0.2) is 19.0 Å². The van der Waals surface area contributed by atoms with Crippen molar-refractivity contribution in [2.45, 2.75) is 25.7 Å². The minimum absolute atomic E-state index is 0.0189. The molecule has 0 aromatic carbocycles. The van der Waals surface area contributed by atoms with Crippen LogP contribution in [0.25, 0.3) is 0 Å². The summed E-state index contributed by atoms with van der Waals surface area (Å²) in [5, 5.41) is 9.02. The number of hydrogen-bond donors (Lipinski definition) is 2. The number of H-pyrrole nitrogens is 1. The molecular formula is C10H14N4O. The van der Waals surface area contributed by atoms with Gasteiger partial charge in [-0.3, -0.25) is 10.1 Å². The molecule has 1 amide bonds. The summed E-state index contributed by atoms with van der Waals surface area (Å²) in [6.45, 7) is 3.69. The highest BCUT2D eigenvalue weighted by atomic mass is 16.2. The Morgan fingerprint density at radius 1 is 1.73 bits per heavy atom. The largest absolute Gasteiger partial charge is 0.294 e. The zero-order valence-corrected chi connectivity index (χ0v) is 8.49. The normalized spacial score (nSPS) is 17.9. The van der Waals surface area contributed by atoms with Crippen molar-refractivity contribution in [1.29, 1.82) is 0 Å². The first-order valence-electron chi connectivity index (χ1n) is 5.04. The Kier molecular flexibility index (Phi) is 2.53. The molecule has 0 atom stereocenters. The third kappa shape index (κ3) is 1.77. The van der Waals surface area contributed by atoms with Crippen LogP contribution in [0.1, 0.15) is 25.7 Å². The zero-order valence-electron chi connectivity index (χ0n) is 8.49. The maximum absolute atomic E-state index is 12.0.